The van der Waals surface area contributed by atoms with Crippen molar-refractivity contribution in [1.29, 1.82) is 0 Å². The topological polar surface area (TPSA) is 32.7 Å². The minimum Gasteiger partial charge on any atom is -0.386 e. The van der Waals surface area contributed by atoms with Crippen LogP contribution in [-0.4, -0.2) is 36.3 Å². The summed E-state index contributed by atoms with van der Waals surface area (Å²) in [5, 5.41) is 13.6. The van der Waals surface area contributed by atoms with Gasteiger partial charge in [-0.25, -0.2) is 0 Å². The van der Waals surface area contributed by atoms with Gasteiger partial charge in [-0.2, -0.15) is 0 Å². The third kappa shape index (κ3) is 5.13. The molecule has 0 fully saturated rings. The number of aliphatic hydroxyl groups excluding tert-OH is 1. The lowest BCUT2D eigenvalue weighted by Crippen LogP contribution is -2.27. The molecule has 0 amide bonds. The summed E-state index contributed by atoms with van der Waals surface area (Å²) >= 11 is 1.72. The van der Waals surface area contributed by atoms with Crippen molar-refractivity contribution >= 4 is 21.4 Å². The van der Waals surface area contributed by atoms with E-state index < -0.39 is 6.10 Å². The highest BCUT2D eigenvalue weighted by Gasteiger charge is 2.10. The smallest absolute Gasteiger partial charge is 0.102 e. The summed E-state index contributed by atoms with van der Waals surface area (Å²) in [6.07, 6.45) is -0.575. The van der Waals surface area contributed by atoms with Gasteiger partial charge in [-0.15, -0.1) is 11.3 Å². The molecule has 0 aliphatic carbocycles. The van der Waals surface area contributed by atoms with Gasteiger partial charge in [0.2, 0.25) is 0 Å². The second-order valence-corrected chi connectivity index (χ2v) is 7.11. The van der Waals surface area contributed by atoms with E-state index in [0.29, 0.717) is 13.2 Å². The average molecular weight is 356 g/mol. The number of ether oxygens (including phenoxy) is 1. The molecule has 3 nitrogen and oxygen atoms in total. The Bertz CT molecular complexity index is 772. The maximum Gasteiger partial charge on any atom is 0.102 e. The summed E-state index contributed by atoms with van der Waals surface area (Å²) < 4.78 is 6.97. The summed E-state index contributed by atoms with van der Waals surface area (Å²) in [7, 11) is 0. The molecule has 0 spiro atoms. The lowest BCUT2D eigenvalue weighted by atomic mass is 10.1. The van der Waals surface area contributed by atoms with E-state index in [9.17, 15) is 5.11 Å². The largest absolute Gasteiger partial charge is 0.386 e. The molecule has 0 bridgehead atoms. The second-order valence-electron chi connectivity index (χ2n) is 6.16. The minimum absolute atomic E-state index is 0.332. The zero-order valence-electron chi connectivity index (χ0n) is 14.6. The first-order valence-electron chi connectivity index (χ1n) is 8.75. The van der Waals surface area contributed by atoms with Gasteiger partial charge in [-0.05, 0) is 46.6 Å². The second kappa shape index (κ2) is 9.11. The van der Waals surface area contributed by atoms with Gasteiger partial charge in [0.1, 0.15) is 6.10 Å². The van der Waals surface area contributed by atoms with Crippen molar-refractivity contribution in [3.8, 4) is 0 Å². The van der Waals surface area contributed by atoms with Crippen molar-refractivity contribution in [3.05, 3.63) is 71.1 Å². The van der Waals surface area contributed by atoms with Crippen LogP contribution in [0, 0.1) is 0 Å². The summed E-state index contributed by atoms with van der Waals surface area (Å²) in [6, 6.07) is 18.7. The molecular weight excluding hydrogens is 330 g/mol. The standard InChI is InChI=1S/C21H25NO2S/c1-2-22(15-17-6-4-3-5-7-17)11-12-24-16-20(23)18-8-9-21-19(14-18)10-13-25-21/h3-10,13-14,20,23H,2,11-12,15-16H2,1H3. The minimum atomic E-state index is -0.575. The Labute approximate surface area is 153 Å². The van der Waals surface area contributed by atoms with E-state index in [1.807, 2.05) is 18.2 Å². The van der Waals surface area contributed by atoms with E-state index in [0.717, 1.165) is 25.2 Å². The number of benzene rings is 2. The van der Waals surface area contributed by atoms with Crippen LogP contribution in [0.5, 0.6) is 0 Å². The third-order valence-corrected chi connectivity index (χ3v) is 5.28. The molecule has 25 heavy (non-hydrogen) atoms. The fraction of sp³-hybridized carbons (Fsp3) is 0.333. The number of nitrogens with zero attached hydrogens (tertiary/aromatic N) is 1. The van der Waals surface area contributed by atoms with Gasteiger partial charge in [0.15, 0.2) is 0 Å². The van der Waals surface area contributed by atoms with E-state index in [-0.39, 0.29) is 0 Å². The Morgan fingerprint density at radius 3 is 2.76 bits per heavy atom. The number of likely N-dealkylation sites (N-methyl/N-ethyl adjacent to an activating group) is 1. The molecular formula is C21H25NO2S. The molecule has 0 saturated heterocycles. The molecule has 3 aromatic rings. The number of hydrogen-bond acceptors (Lipinski definition) is 4. The van der Waals surface area contributed by atoms with Crippen LogP contribution in [0.15, 0.2) is 60.0 Å². The van der Waals surface area contributed by atoms with Crippen molar-refractivity contribution in [2.75, 3.05) is 26.3 Å². The Morgan fingerprint density at radius 1 is 1.12 bits per heavy atom. The lowest BCUT2D eigenvalue weighted by molar-refractivity contribution is 0.0261. The number of fused-ring (bicyclic) bond motifs is 1. The Balaban J connectivity index is 1.43. The first-order valence-corrected chi connectivity index (χ1v) is 9.63. The molecule has 4 heteroatoms. The van der Waals surface area contributed by atoms with E-state index in [2.05, 4.69) is 53.6 Å². The lowest BCUT2D eigenvalue weighted by Gasteiger charge is -2.21. The van der Waals surface area contributed by atoms with Crippen molar-refractivity contribution in [3.63, 3.8) is 0 Å². The zero-order chi connectivity index (χ0) is 17.5. The fourth-order valence-corrected chi connectivity index (χ4v) is 3.64. The molecule has 3 rings (SSSR count). The van der Waals surface area contributed by atoms with Gasteiger partial charge in [0, 0.05) is 17.8 Å². The molecule has 1 unspecified atom stereocenters. The molecule has 1 heterocycles. The van der Waals surface area contributed by atoms with Gasteiger partial charge in [0.25, 0.3) is 0 Å². The van der Waals surface area contributed by atoms with Crippen molar-refractivity contribution in [1.82, 2.24) is 4.90 Å². The summed E-state index contributed by atoms with van der Waals surface area (Å²) in [4.78, 5) is 2.35. The van der Waals surface area contributed by atoms with Crippen LogP contribution < -0.4 is 0 Å². The molecule has 2 aromatic carbocycles. The maximum atomic E-state index is 10.3. The molecule has 1 N–H and O–H groups in total. The predicted molar refractivity (Wildman–Crippen MR) is 105 cm³/mol. The van der Waals surface area contributed by atoms with E-state index in [1.54, 1.807) is 11.3 Å². The summed E-state index contributed by atoms with van der Waals surface area (Å²) in [5.74, 6) is 0. The highest BCUT2D eigenvalue weighted by Crippen LogP contribution is 2.24. The third-order valence-electron chi connectivity index (χ3n) is 4.39. The molecule has 0 aliphatic heterocycles. The van der Waals surface area contributed by atoms with Gasteiger partial charge in [0.05, 0.1) is 13.2 Å². The molecule has 0 aliphatic rings. The van der Waals surface area contributed by atoms with Gasteiger partial charge in [-0.1, -0.05) is 43.3 Å². The predicted octanol–water partition coefficient (Wildman–Crippen LogP) is 4.47. The molecule has 1 aromatic heterocycles. The van der Waals surface area contributed by atoms with Gasteiger partial charge < -0.3 is 9.84 Å². The number of thiophene rings is 1. The SMILES string of the molecule is CCN(CCOCC(O)c1ccc2sccc2c1)Cc1ccccc1. The average Bonchev–Trinajstić information content (AvgIpc) is 3.12. The maximum absolute atomic E-state index is 10.3. The molecule has 1 atom stereocenters. The van der Waals surface area contributed by atoms with Gasteiger partial charge >= 0.3 is 0 Å². The normalized spacial score (nSPS) is 12.8. The van der Waals surface area contributed by atoms with Crippen LogP contribution in [0.4, 0.5) is 0 Å². The van der Waals surface area contributed by atoms with Crippen LogP contribution in [0.1, 0.15) is 24.2 Å². The molecule has 0 radical (unpaired) electrons. The zero-order valence-corrected chi connectivity index (χ0v) is 15.4. The van der Waals surface area contributed by atoms with Crippen LogP contribution in [0.25, 0.3) is 10.1 Å². The number of aliphatic hydroxyl groups is 1. The highest BCUT2D eigenvalue weighted by atomic mass is 32.1. The van der Waals surface area contributed by atoms with Crippen LogP contribution in [0.2, 0.25) is 0 Å². The number of rotatable bonds is 9. The highest BCUT2D eigenvalue weighted by molar-refractivity contribution is 7.17. The van der Waals surface area contributed by atoms with E-state index >= 15 is 0 Å². The van der Waals surface area contributed by atoms with Crippen LogP contribution >= 0.6 is 11.3 Å². The number of hydrogen-bond donors (Lipinski definition) is 1. The first-order chi connectivity index (χ1) is 12.3. The van der Waals surface area contributed by atoms with E-state index in [4.69, 9.17) is 4.74 Å². The Hall–Kier alpha value is -1.72. The summed E-state index contributed by atoms with van der Waals surface area (Å²) in [6.45, 7) is 5.89. The van der Waals surface area contributed by atoms with Crippen molar-refractivity contribution in [2.24, 2.45) is 0 Å². The fourth-order valence-electron chi connectivity index (χ4n) is 2.87. The van der Waals surface area contributed by atoms with Crippen LogP contribution in [0.3, 0.4) is 0 Å². The molecule has 132 valence electrons. The Kier molecular flexibility index (Phi) is 6.59. The summed E-state index contributed by atoms with van der Waals surface area (Å²) in [5.41, 5.74) is 2.23. The van der Waals surface area contributed by atoms with Crippen molar-refractivity contribution in [2.45, 2.75) is 19.6 Å². The Morgan fingerprint density at radius 2 is 1.96 bits per heavy atom. The van der Waals surface area contributed by atoms with Gasteiger partial charge in [-0.3, -0.25) is 4.90 Å². The first kappa shape index (κ1) is 18.1. The monoisotopic (exact) mass is 355 g/mol. The van der Waals surface area contributed by atoms with Crippen molar-refractivity contribution < 1.29 is 9.84 Å². The molecule has 0 saturated carbocycles. The van der Waals surface area contributed by atoms with E-state index in [1.165, 1.54) is 15.6 Å². The quantitative estimate of drug-likeness (QED) is 0.575. The van der Waals surface area contributed by atoms with Crippen LogP contribution in [-0.2, 0) is 11.3 Å².